The van der Waals surface area contributed by atoms with Gasteiger partial charge in [-0.05, 0) is 43.7 Å². The van der Waals surface area contributed by atoms with Gasteiger partial charge in [-0.1, -0.05) is 24.3 Å². The van der Waals surface area contributed by atoms with Crippen LogP contribution in [-0.2, 0) is 0 Å². The van der Waals surface area contributed by atoms with Crippen LogP contribution in [0.3, 0.4) is 0 Å². The molecule has 2 aromatic carbocycles. The number of aryl methyl sites for hydroxylation is 1. The zero-order chi connectivity index (χ0) is 14.5. The predicted molar refractivity (Wildman–Crippen MR) is 86.9 cm³/mol. The first-order valence-electron chi connectivity index (χ1n) is 6.55. The lowest BCUT2D eigenvalue weighted by Crippen LogP contribution is -2.34. The number of nitrogens with one attached hydrogen (secondary N) is 1. The molecule has 2 aromatic rings. The second kappa shape index (κ2) is 6.48. The molecular weight excluding hydrogens is 268 g/mol. The number of para-hydroxylation sites is 1. The summed E-state index contributed by atoms with van der Waals surface area (Å²) in [6.07, 6.45) is 0. The molecule has 2 rings (SSSR count). The first kappa shape index (κ1) is 14.5. The average molecular weight is 286 g/mol. The fraction of sp³-hybridized carbons (Fsp3) is 0.188. The molecule has 0 unspecified atom stereocenters. The van der Waals surface area contributed by atoms with Crippen molar-refractivity contribution in [3.8, 4) is 0 Å². The number of rotatable bonds is 3. The van der Waals surface area contributed by atoms with Gasteiger partial charge in [-0.3, -0.25) is 4.90 Å². The van der Waals surface area contributed by atoms with E-state index in [0.717, 1.165) is 16.1 Å². The van der Waals surface area contributed by atoms with Gasteiger partial charge >= 0.3 is 6.03 Å². The number of hydrogen-bond donors (Lipinski definition) is 2. The number of carbonyl (C=O) groups is 1. The summed E-state index contributed by atoms with van der Waals surface area (Å²) in [5.74, 6) is 0. The van der Waals surface area contributed by atoms with Crippen LogP contribution in [0.25, 0.3) is 0 Å². The second-order valence-corrected chi connectivity index (χ2v) is 5.01. The Kier molecular flexibility index (Phi) is 4.69. The Balaban J connectivity index is 2.20. The summed E-state index contributed by atoms with van der Waals surface area (Å²) in [4.78, 5) is 14.8. The molecule has 0 fully saturated rings. The first-order valence-corrected chi connectivity index (χ1v) is 6.99. The average Bonchev–Trinajstić information content (AvgIpc) is 2.42. The lowest BCUT2D eigenvalue weighted by Gasteiger charge is -2.22. The molecule has 20 heavy (non-hydrogen) atoms. The van der Waals surface area contributed by atoms with Crippen LogP contribution < -0.4 is 10.2 Å². The van der Waals surface area contributed by atoms with E-state index < -0.39 is 0 Å². The van der Waals surface area contributed by atoms with Gasteiger partial charge in [-0.15, -0.1) is 12.6 Å². The maximum absolute atomic E-state index is 12.4. The third-order valence-electron chi connectivity index (χ3n) is 3.02. The van der Waals surface area contributed by atoms with Crippen LogP contribution in [-0.4, -0.2) is 12.6 Å². The highest BCUT2D eigenvalue weighted by atomic mass is 32.1. The maximum atomic E-state index is 12.4. The Morgan fingerprint density at radius 3 is 2.60 bits per heavy atom. The minimum atomic E-state index is -0.153. The van der Waals surface area contributed by atoms with E-state index in [2.05, 4.69) is 17.9 Å². The molecule has 2 amide bonds. The van der Waals surface area contributed by atoms with Gasteiger partial charge < -0.3 is 5.32 Å². The molecule has 0 saturated carbocycles. The van der Waals surface area contributed by atoms with E-state index in [-0.39, 0.29) is 6.03 Å². The van der Waals surface area contributed by atoms with Gasteiger partial charge in [0.05, 0.1) is 5.69 Å². The summed E-state index contributed by atoms with van der Waals surface area (Å²) >= 11 is 4.34. The molecule has 3 nitrogen and oxygen atoms in total. The molecule has 104 valence electrons. The van der Waals surface area contributed by atoms with E-state index in [4.69, 9.17) is 0 Å². The van der Waals surface area contributed by atoms with Crippen molar-refractivity contribution in [3.63, 3.8) is 0 Å². The van der Waals surface area contributed by atoms with Crippen LogP contribution in [0.4, 0.5) is 16.2 Å². The normalized spacial score (nSPS) is 10.2. The monoisotopic (exact) mass is 286 g/mol. The van der Waals surface area contributed by atoms with Gasteiger partial charge in [0.15, 0.2) is 0 Å². The number of urea groups is 1. The van der Waals surface area contributed by atoms with E-state index in [9.17, 15) is 4.79 Å². The summed E-state index contributed by atoms with van der Waals surface area (Å²) in [5, 5.41) is 2.89. The third-order valence-corrected chi connectivity index (χ3v) is 3.41. The molecule has 0 heterocycles. The number of hydrogen-bond acceptors (Lipinski definition) is 2. The van der Waals surface area contributed by atoms with Crippen LogP contribution in [0.15, 0.2) is 53.4 Å². The van der Waals surface area contributed by atoms with Crippen LogP contribution in [0.5, 0.6) is 0 Å². The van der Waals surface area contributed by atoms with Crippen molar-refractivity contribution in [1.82, 2.24) is 0 Å². The minimum absolute atomic E-state index is 0.153. The van der Waals surface area contributed by atoms with Gasteiger partial charge in [0, 0.05) is 17.1 Å². The summed E-state index contributed by atoms with van der Waals surface area (Å²) in [6, 6.07) is 15.2. The third kappa shape index (κ3) is 3.33. The van der Waals surface area contributed by atoms with E-state index in [1.54, 1.807) is 4.90 Å². The second-order valence-electron chi connectivity index (χ2n) is 4.53. The summed E-state index contributed by atoms with van der Waals surface area (Å²) in [7, 11) is 0. The number of nitrogens with zero attached hydrogens (tertiary/aromatic N) is 1. The number of amides is 2. The van der Waals surface area contributed by atoms with E-state index in [1.165, 1.54) is 0 Å². The number of thiol groups is 1. The van der Waals surface area contributed by atoms with Gasteiger partial charge in [0.25, 0.3) is 0 Å². The molecule has 0 aromatic heterocycles. The molecule has 0 atom stereocenters. The predicted octanol–water partition coefficient (Wildman–Crippen LogP) is 4.34. The number of anilines is 2. The van der Waals surface area contributed by atoms with Crippen molar-refractivity contribution in [2.24, 2.45) is 0 Å². The smallest absolute Gasteiger partial charge is 0.306 e. The zero-order valence-electron chi connectivity index (χ0n) is 11.6. The Bertz CT molecular complexity index is 613. The topological polar surface area (TPSA) is 32.3 Å². The molecule has 0 aliphatic carbocycles. The highest BCUT2D eigenvalue weighted by molar-refractivity contribution is 7.80. The molecule has 0 aliphatic heterocycles. The highest BCUT2D eigenvalue weighted by Crippen LogP contribution is 2.21. The number of carbonyl (C=O) groups excluding carboxylic acids is 1. The Morgan fingerprint density at radius 1 is 1.20 bits per heavy atom. The maximum Gasteiger partial charge on any atom is 0.326 e. The molecule has 0 saturated heterocycles. The van der Waals surface area contributed by atoms with Crippen molar-refractivity contribution in [2.75, 3.05) is 16.8 Å². The van der Waals surface area contributed by atoms with Crippen LogP contribution in [0, 0.1) is 6.92 Å². The minimum Gasteiger partial charge on any atom is -0.306 e. The van der Waals surface area contributed by atoms with Crippen LogP contribution in [0.2, 0.25) is 0 Å². The molecule has 4 heteroatoms. The van der Waals surface area contributed by atoms with Crippen LogP contribution >= 0.6 is 12.6 Å². The van der Waals surface area contributed by atoms with E-state index >= 15 is 0 Å². The van der Waals surface area contributed by atoms with Crippen molar-refractivity contribution >= 4 is 30.0 Å². The molecule has 0 spiro atoms. The van der Waals surface area contributed by atoms with Gasteiger partial charge in [0.1, 0.15) is 0 Å². The molecule has 0 aliphatic rings. The lowest BCUT2D eigenvalue weighted by molar-refractivity contribution is 0.257. The van der Waals surface area contributed by atoms with Gasteiger partial charge in [0.2, 0.25) is 0 Å². The van der Waals surface area contributed by atoms with Crippen molar-refractivity contribution in [1.29, 1.82) is 0 Å². The van der Waals surface area contributed by atoms with E-state index in [0.29, 0.717) is 12.2 Å². The standard InChI is InChI=1S/C16H18N2OS/c1-3-18(13-8-6-7-12(2)11-13)16(19)17-14-9-4-5-10-15(14)20/h4-11,20H,3H2,1-2H3,(H,17,19). The van der Waals surface area contributed by atoms with Crippen molar-refractivity contribution in [2.45, 2.75) is 18.7 Å². The zero-order valence-corrected chi connectivity index (χ0v) is 12.5. The number of benzene rings is 2. The fourth-order valence-corrected chi connectivity index (χ4v) is 2.22. The van der Waals surface area contributed by atoms with Crippen molar-refractivity contribution in [3.05, 3.63) is 54.1 Å². The molecular formula is C16H18N2OS. The molecule has 0 radical (unpaired) electrons. The summed E-state index contributed by atoms with van der Waals surface area (Å²) in [6.45, 7) is 4.57. The largest absolute Gasteiger partial charge is 0.326 e. The van der Waals surface area contributed by atoms with Gasteiger partial charge in [-0.2, -0.15) is 0 Å². The summed E-state index contributed by atoms with van der Waals surface area (Å²) in [5.41, 5.74) is 2.73. The lowest BCUT2D eigenvalue weighted by atomic mass is 10.2. The molecule has 0 bridgehead atoms. The van der Waals surface area contributed by atoms with Gasteiger partial charge in [-0.25, -0.2) is 4.79 Å². The quantitative estimate of drug-likeness (QED) is 0.808. The summed E-state index contributed by atoms with van der Waals surface area (Å²) < 4.78 is 0. The Hall–Kier alpha value is -1.94. The Labute approximate surface area is 125 Å². The van der Waals surface area contributed by atoms with Crippen LogP contribution in [0.1, 0.15) is 12.5 Å². The van der Waals surface area contributed by atoms with E-state index in [1.807, 2.05) is 62.4 Å². The highest BCUT2D eigenvalue weighted by Gasteiger charge is 2.14. The SMILES string of the molecule is CCN(C(=O)Nc1ccccc1S)c1cccc(C)c1. The first-order chi connectivity index (χ1) is 9.61. The molecule has 1 N–H and O–H groups in total. The Morgan fingerprint density at radius 2 is 1.95 bits per heavy atom. The fourth-order valence-electron chi connectivity index (χ4n) is 2.00. The van der Waals surface area contributed by atoms with Crippen molar-refractivity contribution < 1.29 is 4.79 Å².